The van der Waals surface area contributed by atoms with Gasteiger partial charge in [0, 0.05) is 16.5 Å². The lowest BCUT2D eigenvalue weighted by Crippen LogP contribution is -1.88. The van der Waals surface area contributed by atoms with Crippen LogP contribution in [0.4, 0.5) is 0 Å². The van der Waals surface area contributed by atoms with Gasteiger partial charge in [0.25, 0.3) is 0 Å². The zero-order valence-corrected chi connectivity index (χ0v) is 10.2. The first-order valence-electron chi connectivity index (χ1n) is 4.56. The Labute approximate surface area is 95.4 Å². The minimum Gasteiger partial charge on any atom is -0.122 e. The van der Waals surface area contributed by atoms with Crippen molar-refractivity contribution in [3.8, 4) is 0 Å². The number of rotatable bonds is 4. The number of hydrogen-bond donors (Lipinski definition) is 0. The number of benzene rings is 1. The molecule has 0 atom stereocenters. The Bertz CT molecular complexity index is 331. The molecule has 0 heterocycles. The minimum absolute atomic E-state index is 0.553. The van der Waals surface area contributed by atoms with Crippen molar-refractivity contribution in [2.45, 2.75) is 18.7 Å². The summed E-state index contributed by atoms with van der Waals surface area (Å²) >= 11 is 7.47. The third kappa shape index (κ3) is 3.39. The molecule has 0 amide bonds. The Hall–Kier alpha value is -0.400. The molecule has 0 saturated heterocycles. The molecule has 0 aromatic heterocycles. The summed E-state index contributed by atoms with van der Waals surface area (Å²) in [6.45, 7) is 8.13. The van der Waals surface area contributed by atoms with E-state index in [4.69, 9.17) is 11.6 Å². The largest absolute Gasteiger partial charge is 0.122 e. The maximum atomic E-state index is 5.67. The molecule has 0 aliphatic heterocycles. The van der Waals surface area contributed by atoms with Crippen LogP contribution < -0.4 is 0 Å². The fourth-order valence-electron chi connectivity index (χ4n) is 1.18. The number of aryl methyl sites for hydroxylation is 2. The molecule has 0 unspecified atom stereocenters. The van der Waals surface area contributed by atoms with Crippen LogP contribution in [0.25, 0.3) is 0 Å². The third-order valence-electron chi connectivity index (χ3n) is 1.95. The first-order chi connectivity index (χ1) is 6.63. The maximum absolute atomic E-state index is 5.67. The van der Waals surface area contributed by atoms with E-state index in [-0.39, 0.29) is 0 Å². The molecule has 1 aromatic carbocycles. The fourth-order valence-corrected chi connectivity index (χ4v) is 2.30. The molecule has 0 spiro atoms. The summed E-state index contributed by atoms with van der Waals surface area (Å²) in [5, 5.41) is 0. The summed E-state index contributed by atoms with van der Waals surface area (Å²) < 4.78 is 0. The number of thioether (sulfide) groups is 1. The molecular formula is C12H15ClS. The monoisotopic (exact) mass is 226 g/mol. The van der Waals surface area contributed by atoms with Gasteiger partial charge in [-0.05, 0) is 25.5 Å². The lowest BCUT2D eigenvalue weighted by Gasteiger charge is -2.06. The zero-order chi connectivity index (χ0) is 10.6. The van der Waals surface area contributed by atoms with Crippen LogP contribution >= 0.6 is 23.4 Å². The highest BCUT2D eigenvalue weighted by atomic mass is 35.5. The van der Waals surface area contributed by atoms with Crippen LogP contribution in [0, 0.1) is 13.8 Å². The molecule has 0 N–H and O–H groups in total. The van der Waals surface area contributed by atoms with Crippen LogP contribution in [0.2, 0.25) is 0 Å². The van der Waals surface area contributed by atoms with Crippen molar-refractivity contribution in [2.75, 3.05) is 11.6 Å². The van der Waals surface area contributed by atoms with Crippen LogP contribution in [0.3, 0.4) is 0 Å². The first-order valence-corrected chi connectivity index (χ1v) is 6.08. The number of alkyl halides is 1. The molecule has 0 aliphatic rings. The molecular weight excluding hydrogens is 212 g/mol. The van der Waals surface area contributed by atoms with Gasteiger partial charge in [0.15, 0.2) is 0 Å². The van der Waals surface area contributed by atoms with E-state index in [1.807, 2.05) is 0 Å². The summed E-state index contributed by atoms with van der Waals surface area (Å²) in [5.41, 5.74) is 3.72. The highest BCUT2D eigenvalue weighted by Crippen LogP contribution is 2.24. The van der Waals surface area contributed by atoms with E-state index in [1.54, 1.807) is 11.8 Å². The molecule has 0 fully saturated rings. The predicted octanol–water partition coefficient (Wildman–Crippen LogP) is 4.19. The van der Waals surface area contributed by atoms with E-state index in [1.165, 1.54) is 16.0 Å². The van der Waals surface area contributed by atoms with Gasteiger partial charge in [-0.1, -0.05) is 29.8 Å². The van der Waals surface area contributed by atoms with Gasteiger partial charge in [0.1, 0.15) is 0 Å². The van der Waals surface area contributed by atoms with Gasteiger partial charge < -0.3 is 0 Å². The number of hydrogen-bond acceptors (Lipinski definition) is 1. The van der Waals surface area contributed by atoms with Crippen molar-refractivity contribution in [3.63, 3.8) is 0 Å². The van der Waals surface area contributed by atoms with Gasteiger partial charge in [-0.25, -0.2) is 0 Å². The maximum Gasteiger partial charge on any atom is 0.0439 e. The zero-order valence-electron chi connectivity index (χ0n) is 8.64. The van der Waals surface area contributed by atoms with E-state index in [9.17, 15) is 0 Å². The summed E-state index contributed by atoms with van der Waals surface area (Å²) in [6, 6.07) is 6.50. The molecule has 76 valence electrons. The van der Waals surface area contributed by atoms with Crippen LogP contribution in [0.15, 0.2) is 35.2 Å². The van der Waals surface area contributed by atoms with Gasteiger partial charge in [-0.3, -0.25) is 0 Å². The van der Waals surface area contributed by atoms with E-state index in [0.717, 1.165) is 11.3 Å². The van der Waals surface area contributed by atoms with E-state index in [0.29, 0.717) is 5.88 Å². The van der Waals surface area contributed by atoms with Gasteiger partial charge in [-0.15, -0.1) is 23.4 Å². The third-order valence-corrected chi connectivity index (χ3v) is 3.65. The smallest absolute Gasteiger partial charge is 0.0439 e. The summed E-state index contributed by atoms with van der Waals surface area (Å²) in [7, 11) is 0. The minimum atomic E-state index is 0.553. The quantitative estimate of drug-likeness (QED) is 0.422. The highest BCUT2D eigenvalue weighted by molar-refractivity contribution is 7.99. The van der Waals surface area contributed by atoms with E-state index in [2.05, 4.69) is 38.6 Å². The Morgan fingerprint density at radius 3 is 2.71 bits per heavy atom. The Kier molecular flexibility index (Phi) is 4.56. The highest BCUT2D eigenvalue weighted by Gasteiger charge is 2.00. The molecule has 0 nitrogen and oxygen atoms in total. The average Bonchev–Trinajstić information content (AvgIpc) is 2.16. The second-order valence-electron chi connectivity index (χ2n) is 3.44. The molecule has 14 heavy (non-hydrogen) atoms. The van der Waals surface area contributed by atoms with Gasteiger partial charge in [-0.2, -0.15) is 0 Å². The molecule has 1 rings (SSSR count). The van der Waals surface area contributed by atoms with E-state index < -0.39 is 0 Å². The lowest BCUT2D eigenvalue weighted by atomic mass is 10.2. The topological polar surface area (TPSA) is 0 Å². The predicted molar refractivity (Wildman–Crippen MR) is 66.5 cm³/mol. The fraction of sp³-hybridized carbons (Fsp3) is 0.333. The van der Waals surface area contributed by atoms with Crippen molar-refractivity contribution in [3.05, 3.63) is 41.5 Å². The van der Waals surface area contributed by atoms with Crippen molar-refractivity contribution < 1.29 is 0 Å². The van der Waals surface area contributed by atoms with Gasteiger partial charge >= 0.3 is 0 Å². The van der Waals surface area contributed by atoms with Crippen molar-refractivity contribution in [1.82, 2.24) is 0 Å². The molecule has 2 heteroatoms. The second-order valence-corrected chi connectivity index (χ2v) is 4.73. The Morgan fingerprint density at radius 2 is 2.14 bits per heavy atom. The van der Waals surface area contributed by atoms with Gasteiger partial charge in [0.2, 0.25) is 0 Å². The molecule has 0 saturated carbocycles. The standard InChI is InChI=1S/C12H15ClS/c1-9-4-5-12(11(3)6-9)14-8-10(2)7-13/h4-6H,2,7-8H2,1,3H3. The number of halogens is 1. The Morgan fingerprint density at radius 1 is 1.43 bits per heavy atom. The first kappa shape index (κ1) is 11.7. The van der Waals surface area contributed by atoms with Crippen LogP contribution in [0.1, 0.15) is 11.1 Å². The summed E-state index contributed by atoms with van der Waals surface area (Å²) in [5.74, 6) is 1.46. The second kappa shape index (κ2) is 5.47. The van der Waals surface area contributed by atoms with Crippen molar-refractivity contribution in [1.29, 1.82) is 0 Å². The average molecular weight is 227 g/mol. The normalized spacial score (nSPS) is 10.2. The molecule has 0 radical (unpaired) electrons. The van der Waals surface area contributed by atoms with Crippen LogP contribution in [-0.2, 0) is 0 Å². The molecule has 0 bridgehead atoms. The Balaban J connectivity index is 2.63. The molecule has 1 aromatic rings. The van der Waals surface area contributed by atoms with Crippen LogP contribution in [-0.4, -0.2) is 11.6 Å². The van der Waals surface area contributed by atoms with Crippen molar-refractivity contribution in [2.24, 2.45) is 0 Å². The molecule has 0 aliphatic carbocycles. The van der Waals surface area contributed by atoms with Crippen molar-refractivity contribution >= 4 is 23.4 Å². The van der Waals surface area contributed by atoms with Crippen LogP contribution in [0.5, 0.6) is 0 Å². The summed E-state index contributed by atoms with van der Waals surface area (Å²) in [6.07, 6.45) is 0. The lowest BCUT2D eigenvalue weighted by molar-refractivity contribution is 1.26. The van der Waals surface area contributed by atoms with Gasteiger partial charge in [0.05, 0.1) is 0 Å². The SMILES string of the molecule is C=C(CCl)CSc1ccc(C)cc1C. The summed E-state index contributed by atoms with van der Waals surface area (Å²) in [4.78, 5) is 1.32. The van der Waals surface area contributed by atoms with E-state index >= 15 is 0 Å².